The molecule has 0 radical (unpaired) electrons. The first-order chi connectivity index (χ1) is 12.2. The first-order valence-corrected chi connectivity index (χ1v) is 9.03. The number of likely N-dealkylation sites (N-methyl/N-ethyl adjacent to an activating group) is 1. The minimum Gasteiger partial charge on any atom is -0.460 e. The molecule has 0 atom stereocenters. The second kappa shape index (κ2) is 8.52. The number of nitrogens with one attached hydrogen (secondary N) is 2. The number of furan rings is 1. The number of nitrogens with zero attached hydrogens (tertiary/aromatic N) is 1. The van der Waals surface area contributed by atoms with E-state index in [9.17, 15) is 4.79 Å². The number of amides is 1. The molecule has 6 heteroatoms. The minimum absolute atomic E-state index is 0.0779. The van der Waals surface area contributed by atoms with Gasteiger partial charge in [0.15, 0.2) is 0 Å². The molecule has 1 fully saturated rings. The van der Waals surface area contributed by atoms with Crippen molar-refractivity contribution in [2.75, 3.05) is 26.7 Å². The van der Waals surface area contributed by atoms with Crippen molar-refractivity contribution in [2.45, 2.75) is 25.4 Å². The number of hydrogen-bond donors (Lipinski definition) is 2. The lowest BCUT2D eigenvalue weighted by atomic mass is 10.1. The van der Waals surface area contributed by atoms with Gasteiger partial charge in [-0.3, -0.25) is 9.69 Å². The maximum Gasteiger partial charge on any atom is 0.233 e. The highest BCUT2D eigenvalue weighted by Crippen LogP contribution is 2.29. The molecule has 1 saturated heterocycles. The Kier molecular flexibility index (Phi) is 6.13. The third-order valence-electron chi connectivity index (χ3n) is 4.60. The van der Waals surface area contributed by atoms with Gasteiger partial charge in [-0.2, -0.15) is 0 Å². The van der Waals surface area contributed by atoms with Crippen LogP contribution in [0.15, 0.2) is 40.8 Å². The first kappa shape index (κ1) is 18.0. The smallest absolute Gasteiger partial charge is 0.233 e. The lowest BCUT2D eigenvalue weighted by Crippen LogP contribution is -2.45. The molecule has 1 aromatic carbocycles. The van der Waals surface area contributed by atoms with Gasteiger partial charge in [0.2, 0.25) is 5.91 Å². The van der Waals surface area contributed by atoms with E-state index in [1.165, 1.54) is 0 Å². The molecule has 0 saturated carbocycles. The van der Waals surface area contributed by atoms with Crippen molar-refractivity contribution >= 4 is 17.5 Å². The molecule has 5 nitrogen and oxygen atoms in total. The van der Waals surface area contributed by atoms with E-state index >= 15 is 0 Å². The summed E-state index contributed by atoms with van der Waals surface area (Å²) in [5.74, 6) is 1.78. The highest BCUT2D eigenvalue weighted by molar-refractivity contribution is 6.33. The first-order valence-electron chi connectivity index (χ1n) is 8.65. The molecule has 134 valence electrons. The van der Waals surface area contributed by atoms with Crippen LogP contribution in [-0.4, -0.2) is 43.5 Å². The highest BCUT2D eigenvalue weighted by Gasteiger charge is 2.20. The van der Waals surface area contributed by atoms with E-state index < -0.39 is 0 Å². The maximum atomic E-state index is 11.4. The third-order valence-corrected chi connectivity index (χ3v) is 4.93. The van der Waals surface area contributed by atoms with Gasteiger partial charge in [0.1, 0.15) is 11.5 Å². The van der Waals surface area contributed by atoms with E-state index in [-0.39, 0.29) is 5.91 Å². The number of likely N-dealkylation sites (tertiary alicyclic amines) is 1. The van der Waals surface area contributed by atoms with Crippen LogP contribution >= 0.6 is 11.6 Å². The zero-order valence-electron chi connectivity index (χ0n) is 14.4. The van der Waals surface area contributed by atoms with Crippen LogP contribution in [0.2, 0.25) is 5.02 Å². The molecule has 1 aliphatic rings. The minimum atomic E-state index is 0.0779. The van der Waals surface area contributed by atoms with Gasteiger partial charge in [0.05, 0.1) is 18.1 Å². The van der Waals surface area contributed by atoms with Crippen LogP contribution in [0.4, 0.5) is 0 Å². The summed E-state index contributed by atoms with van der Waals surface area (Å²) in [6.07, 6.45) is 2.07. The number of piperidine rings is 1. The predicted octanol–water partition coefficient (Wildman–Crippen LogP) is 2.90. The van der Waals surface area contributed by atoms with Crippen molar-refractivity contribution in [1.29, 1.82) is 0 Å². The van der Waals surface area contributed by atoms with Gasteiger partial charge in [-0.25, -0.2) is 0 Å². The molecule has 2 heterocycles. The van der Waals surface area contributed by atoms with Crippen molar-refractivity contribution in [2.24, 2.45) is 0 Å². The third kappa shape index (κ3) is 4.84. The maximum absolute atomic E-state index is 11.4. The van der Waals surface area contributed by atoms with Crippen LogP contribution in [0.1, 0.15) is 18.6 Å². The molecule has 3 rings (SSSR count). The normalized spacial score (nSPS) is 16.1. The summed E-state index contributed by atoms with van der Waals surface area (Å²) in [5.41, 5.74) is 0.915. The monoisotopic (exact) mass is 361 g/mol. The van der Waals surface area contributed by atoms with Crippen LogP contribution in [0.25, 0.3) is 11.3 Å². The van der Waals surface area contributed by atoms with Crippen LogP contribution < -0.4 is 10.6 Å². The van der Waals surface area contributed by atoms with Gasteiger partial charge in [-0.15, -0.1) is 0 Å². The molecule has 25 heavy (non-hydrogen) atoms. The summed E-state index contributed by atoms with van der Waals surface area (Å²) >= 11 is 6.22. The van der Waals surface area contributed by atoms with E-state index in [0.29, 0.717) is 24.2 Å². The van der Waals surface area contributed by atoms with Crippen LogP contribution in [0.5, 0.6) is 0 Å². The Labute approximate surface area is 153 Å². The lowest BCUT2D eigenvalue weighted by molar-refractivity contribution is -0.122. The molecule has 1 amide bonds. The highest BCUT2D eigenvalue weighted by atomic mass is 35.5. The summed E-state index contributed by atoms with van der Waals surface area (Å²) in [6.45, 7) is 3.06. The van der Waals surface area contributed by atoms with Gasteiger partial charge in [0.25, 0.3) is 0 Å². The second-order valence-electron chi connectivity index (χ2n) is 6.35. The second-order valence-corrected chi connectivity index (χ2v) is 6.76. The Hall–Kier alpha value is -1.82. The Bertz CT molecular complexity index is 708. The van der Waals surface area contributed by atoms with Crippen molar-refractivity contribution in [3.63, 3.8) is 0 Å². The van der Waals surface area contributed by atoms with Gasteiger partial charge in [-0.05, 0) is 37.1 Å². The van der Waals surface area contributed by atoms with E-state index in [1.807, 2.05) is 36.4 Å². The van der Waals surface area contributed by atoms with Crippen molar-refractivity contribution in [3.8, 4) is 11.3 Å². The van der Waals surface area contributed by atoms with Gasteiger partial charge >= 0.3 is 0 Å². The molecule has 0 unspecified atom stereocenters. The Morgan fingerprint density at radius 3 is 2.72 bits per heavy atom. The summed E-state index contributed by atoms with van der Waals surface area (Å²) in [4.78, 5) is 13.6. The van der Waals surface area contributed by atoms with Gasteiger partial charge in [0, 0.05) is 31.7 Å². The van der Waals surface area contributed by atoms with E-state index in [4.69, 9.17) is 16.0 Å². The topological polar surface area (TPSA) is 57.5 Å². The van der Waals surface area contributed by atoms with Crippen molar-refractivity contribution in [1.82, 2.24) is 15.5 Å². The zero-order chi connectivity index (χ0) is 17.6. The summed E-state index contributed by atoms with van der Waals surface area (Å²) in [7, 11) is 1.68. The molecule has 1 aliphatic heterocycles. The molecule has 0 spiro atoms. The van der Waals surface area contributed by atoms with Crippen molar-refractivity contribution < 1.29 is 9.21 Å². The standard InChI is InChI=1S/C19H24ClN3O2/c1-21-19(24)13-23-10-8-14(9-11-23)22-12-15-6-7-18(25-15)16-4-2-3-5-17(16)20/h2-7,14,22H,8-13H2,1H3,(H,21,24). The van der Waals surface area contributed by atoms with Gasteiger partial charge < -0.3 is 15.1 Å². The number of benzene rings is 1. The molecule has 2 aromatic rings. The van der Waals surface area contributed by atoms with E-state index in [1.54, 1.807) is 7.05 Å². The number of hydrogen-bond acceptors (Lipinski definition) is 4. The summed E-state index contributed by atoms with van der Waals surface area (Å²) < 4.78 is 5.92. The molecule has 0 aliphatic carbocycles. The summed E-state index contributed by atoms with van der Waals surface area (Å²) in [6, 6.07) is 12.1. The van der Waals surface area contributed by atoms with Crippen LogP contribution in [0, 0.1) is 0 Å². The molecular formula is C19H24ClN3O2. The molecular weight excluding hydrogens is 338 g/mol. The summed E-state index contributed by atoms with van der Waals surface area (Å²) in [5, 5.41) is 6.92. The molecule has 2 N–H and O–H groups in total. The average Bonchev–Trinajstić information content (AvgIpc) is 3.10. The number of rotatable bonds is 6. The van der Waals surface area contributed by atoms with E-state index in [2.05, 4.69) is 15.5 Å². The zero-order valence-corrected chi connectivity index (χ0v) is 15.2. The molecule has 0 bridgehead atoms. The average molecular weight is 362 g/mol. The lowest BCUT2D eigenvalue weighted by Gasteiger charge is -2.31. The quantitative estimate of drug-likeness (QED) is 0.830. The van der Waals surface area contributed by atoms with Crippen molar-refractivity contribution in [3.05, 3.63) is 47.2 Å². The Morgan fingerprint density at radius 1 is 1.24 bits per heavy atom. The number of carbonyl (C=O) groups is 1. The molecule has 1 aromatic heterocycles. The van der Waals surface area contributed by atoms with Crippen LogP contribution in [-0.2, 0) is 11.3 Å². The van der Waals surface area contributed by atoms with E-state index in [0.717, 1.165) is 43.0 Å². The SMILES string of the molecule is CNC(=O)CN1CCC(NCc2ccc(-c3ccccc3Cl)o2)CC1. The Balaban J connectivity index is 1.47. The van der Waals surface area contributed by atoms with Gasteiger partial charge in [-0.1, -0.05) is 23.7 Å². The fourth-order valence-electron chi connectivity index (χ4n) is 3.10. The van der Waals surface area contributed by atoms with Crippen LogP contribution in [0.3, 0.4) is 0 Å². The Morgan fingerprint density at radius 2 is 2.00 bits per heavy atom. The predicted molar refractivity (Wildman–Crippen MR) is 99.5 cm³/mol. The fraction of sp³-hybridized carbons (Fsp3) is 0.421. The fourth-order valence-corrected chi connectivity index (χ4v) is 3.33. The largest absolute Gasteiger partial charge is 0.460 e. The number of carbonyl (C=O) groups excluding carboxylic acids is 1. The number of halogens is 1.